The second-order valence-corrected chi connectivity index (χ2v) is 12.0. The van der Waals surface area contributed by atoms with Gasteiger partial charge in [-0.25, -0.2) is 0 Å². The third-order valence-electron chi connectivity index (χ3n) is 8.76. The van der Waals surface area contributed by atoms with Crippen molar-refractivity contribution in [2.75, 3.05) is 20.2 Å². The summed E-state index contributed by atoms with van der Waals surface area (Å²) in [6.07, 6.45) is 7.75. The van der Waals surface area contributed by atoms with Crippen LogP contribution < -0.4 is 21.1 Å². The fraction of sp³-hybridized carbons (Fsp3) is 0.429. The molecule has 0 amide bonds. The van der Waals surface area contributed by atoms with Crippen LogP contribution in [0.4, 0.5) is 0 Å². The maximum Gasteiger partial charge on any atom is 0.161 e. The molecule has 0 fully saturated rings. The van der Waals surface area contributed by atoms with Gasteiger partial charge in [0.05, 0.1) is 18.8 Å². The largest absolute Gasteiger partial charge is 0.504 e. The summed E-state index contributed by atoms with van der Waals surface area (Å²) in [4.78, 5) is 0. The van der Waals surface area contributed by atoms with Gasteiger partial charge >= 0.3 is 0 Å². The van der Waals surface area contributed by atoms with Crippen LogP contribution in [-0.2, 0) is 17.8 Å². The number of benzene rings is 2. The quantitative estimate of drug-likeness (QED) is 0.285. The molecule has 8 heteroatoms. The highest BCUT2D eigenvalue weighted by atomic mass is 16.5. The second-order valence-electron chi connectivity index (χ2n) is 12.0. The van der Waals surface area contributed by atoms with Crippen molar-refractivity contribution < 1.29 is 19.7 Å². The summed E-state index contributed by atoms with van der Waals surface area (Å²) in [5, 5.41) is 30.6. The van der Waals surface area contributed by atoms with E-state index in [0.717, 1.165) is 63.7 Å². The van der Waals surface area contributed by atoms with E-state index >= 15 is 0 Å². The summed E-state index contributed by atoms with van der Waals surface area (Å²) in [6.45, 7) is 3.43. The maximum atomic E-state index is 11.1. The van der Waals surface area contributed by atoms with Crippen molar-refractivity contribution in [3.63, 3.8) is 0 Å². The number of phenols is 1. The molecule has 6 N–H and O–H groups in total. The van der Waals surface area contributed by atoms with Crippen molar-refractivity contribution in [1.82, 2.24) is 15.2 Å². The number of aromatic hydroxyl groups is 1. The van der Waals surface area contributed by atoms with Crippen LogP contribution in [-0.4, -0.2) is 53.4 Å². The first-order valence-electron chi connectivity index (χ1n) is 15.4. The Hall–Kier alpha value is -3.74. The smallest absolute Gasteiger partial charge is 0.161 e. The average Bonchev–Trinajstić information content (AvgIpc) is 3.42. The van der Waals surface area contributed by atoms with E-state index in [1.165, 1.54) is 0 Å². The van der Waals surface area contributed by atoms with Gasteiger partial charge in [-0.3, -0.25) is 0 Å². The molecule has 0 aliphatic carbocycles. The number of ether oxygens (including phenoxy) is 2. The number of hydrogen-bond acceptors (Lipinski definition) is 7. The SMILES string of the molecule is CNCC1=C2C#C[C@H](C)CCC[C@H]3C[C@H](O)CCc4ccc(O)c(c4)OCc4cccc5cn(cc45)C(=C2CO3)NC1N. The minimum absolute atomic E-state index is 0.102. The molecule has 6 rings (SSSR count). The predicted molar refractivity (Wildman–Crippen MR) is 169 cm³/mol. The number of dihydropyridines is 1. The zero-order valence-corrected chi connectivity index (χ0v) is 25.0. The third kappa shape index (κ3) is 6.46. The van der Waals surface area contributed by atoms with Crippen LogP contribution in [0.5, 0.6) is 11.5 Å². The standard InChI is InChI=1S/C35H42N4O4/c1-22-5-3-8-27-16-26(40)12-10-23-11-14-32(41)33(15-23)43-20-25-7-4-6-24-18-39(19-30(24)25)35-31(21-42-27)28(13-9-22)29(17-37-2)34(36)38-35/h4,6-7,11,14-15,18-19,22,26-27,34,37-38,40-41H,3,5,8,10,12,16-17,20-21,36H2,1-2H3/t22-,26-,27+,34?/m1/s1. The number of aliphatic hydroxyl groups is 1. The first-order chi connectivity index (χ1) is 20.9. The Morgan fingerprint density at radius 1 is 1.14 bits per heavy atom. The minimum Gasteiger partial charge on any atom is -0.504 e. The fourth-order valence-electron chi connectivity index (χ4n) is 6.32. The molecule has 3 aliphatic rings. The lowest BCUT2D eigenvalue weighted by Crippen LogP contribution is -2.46. The van der Waals surface area contributed by atoms with Gasteiger partial charge in [-0.15, -0.1) is 0 Å². The molecule has 43 heavy (non-hydrogen) atoms. The van der Waals surface area contributed by atoms with Crippen molar-refractivity contribution in [2.24, 2.45) is 11.7 Å². The third-order valence-corrected chi connectivity index (χ3v) is 8.76. The molecule has 4 heterocycles. The number of hydrogen-bond donors (Lipinski definition) is 5. The Morgan fingerprint density at radius 2 is 2.02 bits per heavy atom. The monoisotopic (exact) mass is 582 g/mol. The summed E-state index contributed by atoms with van der Waals surface area (Å²) < 4.78 is 14.9. The molecule has 0 spiro atoms. The number of phenolic OH excluding ortho intramolecular Hbond substituents is 1. The van der Waals surface area contributed by atoms with Crippen LogP contribution in [0.1, 0.15) is 50.2 Å². The highest BCUT2D eigenvalue weighted by Crippen LogP contribution is 2.33. The van der Waals surface area contributed by atoms with Gasteiger partial charge in [-0.2, -0.15) is 0 Å². The first kappa shape index (κ1) is 29.3. The number of rotatable bonds is 2. The number of aliphatic hydroxyl groups excluding tert-OH is 1. The summed E-state index contributed by atoms with van der Waals surface area (Å²) in [5.74, 6) is 8.64. The van der Waals surface area contributed by atoms with E-state index in [-0.39, 0.29) is 17.8 Å². The Morgan fingerprint density at radius 3 is 2.88 bits per heavy atom. The van der Waals surface area contributed by atoms with Crippen LogP contribution in [0.15, 0.2) is 65.5 Å². The van der Waals surface area contributed by atoms with Gasteiger partial charge in [-0.05, 0) is 74.4 Å². The zero-order chi connectivity index (χ0) is 29.9. The van der Waals surface area contributed by atoms with Crippen molar-refractivity contribution in [3.05, 3.63) is 76.6 Å². The van der Waals surface area contributed by atoms with Gasteiger partial charge in [0.1, 0.15) is 18.6 Å². The molecule has 8 nitrogen and oxygen atoms in total. The predicted octanol–water partition coefficient (Wildman–Crippen LogP) is 4.40. The van der Waals surface area contributed by atoms with E-state index in [1.807, 2.05) is 31.3 Å². The van der Waals surface area contributed by atoms with Gasteiger partial charge in [-0.1, -0.05) is 43.0 Å². The molecule has 3 aliphatic heterocycles. The molecule has 0 saturated heterocycles. The van der Waals surface area contributed by atoms with Gasteiger partial charge in [0.2, 0.25) is 0 Å². The lowest BCUT2D eigenvalue weighted by molar-refractivity contribution is 0.0167. The number of nitrogens with one attached hydrogen (secondary N) is 2. The van der Waals surface area contributed by atoms with Crippen LogP contribution in [0, 0.1) is 17.8 Å². The summed E-state index contributed by atoms with van der Waals surface area (Å²) in [6, 6.07) is 11.6. The van der Waals surface area contributed by atoms with E-state index in [2.05, 4.69) is 52.4 Å². The Balaban J connectivity index is 1.51. The van der Waals surface area contributed by atoms with Crippen LogP contribution in [0.25, 0.3) is 16.6 Å². The number of aromatic nitrogens is 1. The van der Waals surface area contributed by atoms with Gasteiger partial charge in [0.25, 0.3) is 0 Å². The van der Waals surface area contributed by atoms with Crippen molar-refractivity contribution in [3.8, 4) is 23.3 Å². The molecule has 4 atom stereocenters. The van der Waals surface area contributed by atoms with E-state index in [4.69, 9.17) is 15.2 Å². The molecule has 0 radical (unpaired) electrons. The van der Waals surface area contributed by atoms with Crippen LogP contribution >= 0.6 is 0 Å². The van der Waals surface area contributed by atoms with E-state index in [0.29, 0.717) is 44.8 Å². The molecule has 1 unspecified atom stereocenters. The fourth-order valence-corrected chi connectivity index (χ4v) is 6.32. The van der Waals surface area contributed by atoms with Crippen molar-refractivity contribution >= 4 is 16.6 Å². The molecule has 2 aromatic carbocycles. The second kappa shape index (κ2) is 12.9. The topological polar surface area (TPSA) is 114 Å². The number of nitrogens with two attached hydrogens (primary N) is 1. The number of likely N-dealkylation sites (N-methyl/N-ethyl adjacent to an activating group) is 1. The van der Waals surface area contributed by atoms with Crippen molar-refractivity contribution in [1.29, 1.82) is 0 Å². The Labute approximate surface area is 253 Å². The normalized spacial score (nSPS) is 24.8. The lowest BCUT2D eigenvalue weighted by Gasteiger charge is -2.32. The maximum absolute atomic E-state index is 11.1. The summed E-state index contributed by atoms with van der Waals surface area (Å²) >= 11 is 0. The Bertz CT molecular complexity index is 1610. The molecule has 6 bridgehead atoms. The molecular weight excluding hydrogens is 540 g/mol. The van der Waals surface area contributed by atoms with E-state index < -0.39 is 12.3 Å². The number of fused-ring (bicyclic) bond motifs is 6. The lowest BCUT2D eigenvalue weighted by atomic mass is 9.94. The van der Waals surface area contributed by atoms with Crippen molar-refractivity contribution in [2.45, 2.75) is 70.4 Å². The van der Waals surface area contributed by atoms with Crippen LogP contribution in [0.3, 0.4) is 0 Å². The molecular formula is C35H42N4O4. The van der Waals surface area contributed by atoms with Crippen LogP contribution in [0.2, 0.25) is 0 Å². The Kier molecular flexibility index (Phi) is 8.78. The van der Waals surface area contributed by atoms with Gasteiger partial charge in [0.15, 0.2) is 11.5 Å². The van der Waals surface area contributed by atoms with Gasteiger partial charge < -0.3 is 40.6 Å². The minimum atomic E-state index is -0.522. The first-order valence-corrected chi connectivity index (χ1v) is 15.4. The molecule has 1 aromatic heterocycles. The highest BCUT2D eigenvalue weighted by Gasteiger charge is 2.29. The number of aryl methyl sites for hydroxylation is 1. The van der Waals surface area contributed by atoms with E-state index in [1.54, 1.807) is 6.07 Å². The highest BCUT2D eigenvalue weighted by molar-refractivity contribution is 5.87. The van der Waals surface area contributed by atoms with E-state index in [9.17, 15) is 10.2 Å². The molecule has 3 aromatic rings. The number of nitrogens with zero attached hydrogens (tertiary/aromatic N) is 1. The summed E-state index contributed by atoms with van der Waals surface area (Å²) in [7, 11) is 1.92. The van der Waals surface area contributed by atoms with Gasteiger partial charge in [0, 0.05) is 46.8 Å². The molecule has 226 valence electrons. The average molecular weight is 583 g/mol. The summed E-state index contributed by atoms with van der Waals surface area (Å²) in [5.41, 5.74) is 11.7. The zero-order valence-electron chi connectivity index (χ0n) is 25.0. The molecule has 0 saturated carbocycles.